The van der Waals surface area contributed by atoms with Crippen LogP contribution in [-0.2, 0) is 24.2 Å². The van der Waals surface area contributed by atoms with Crippen molar-refractivity contribution in [2.24, 2.45) is 0 Å². The number of hydrogen-bond acceptors (Lipinski definition) is 5. The van der Waals surface area contributed by atoms with Crippen LogP contribution in [0, 0.1) is 0 Å². The highest BCUT2D eigenvalue weighted by atomic mass is 16.5. The van der Waals surface area contributed by atoms with Gasteiger partial charge in [0.05, 0.1) is 19.5 Å². The monoisotopic (exact) mass is 462 g/mol. The van der Waals surface area contributed by atoms with E-state index in [1.807, 2.05) is 56.3 Å². The van der Waals surface area contributed by atoms with Gasteiger partial charge in [-0.2, -0.15) is 0 Å². The van der Waals surface area contributed by atoms with Crippen LogP contribution in [0.2, 0.25) is 0 Å². The standard InChI is InChI=1S/C27H30N2O5/c1-3-32-23-12-11-19(16-25(23)33-4-2)13-14-28-26(30)22-17-20-8-5-6-9-21(20)18-29(22)27(31)24-10-7-15-34-24/h5-12,15-16,22H,3-4,13-14,17-18H2,1-2H3,(H,28,30). The maximum Gasteiger partial charge on any atom is 0.290 e. The van der Waals surface area contributed by atoms with E-state index in [0.29, 0.717) is 50.6 Å². The van der Waals surface area contributed by atoms with Crippen LogP contribution in [0.15, 0.2) is 65.3 Å². The van der Waals surface area contributed by atoms with Gasteiger partial charge < -0.3 is 24.1 Å². The molecule has 0 spiro atoms. The average Bonchev–Trinajstić information content (AvgIpc) is 3.39. The Morgan fingerprint density at radius 1 is 1.00 bits per heavy atom. The van der Waals surface area contributed by atoms with Crippen LogP contribution in [0.25, 0.3) is 0 Å². The fraction of sp³-hybridized carbons (Fsp3) is 0.333. The van der Waals surface area contributed by atoms with Gasteiger partial charge in [0.15, 0.2) is 17.3 Å². The van der Waals surface area contributed by atoms with Crippen LogP contribution >= 0.6 is 0 Å². The van der Waals surface area contributed by atoms with Gasteiger partial charge >= 0.3 is 0 Å². The number of carbonyl (C=O) groups excluding carboxylic acids is 2. The van der Waals surface area contributed by atoms with E-state index in [1.165, 1.54) is 6.26 Å². The summed E-state index contributed by atoms with van der Waals surface area (Å²) in [4.78, 5) is 27.9. The summed E-state index contributed by atoms with van der Waals surface area (Å²) >= 11 is 0. The molecule has 1 aliphatic heterocycles. The summed E-state index contributed by atoms with van der Waals surface area (Å²) < 4.78 is 16.6. The lowest BCUT2D eigenvalue weighted by molar-refractivity contribution is -0.126. The molecule has 0 fully saturated rings. The summed E-state index contributed by atoms with van der Waals surface area (Å²) in [5.74, 6) is 1.19. The lowest BCUT2D eigenvalue weighted by Gasteiger charge is -2.35. The van der Waals surface area contributed by atoms with Crippen molar-refractivity contribution < 1.29 is 23.5 Å². The summed E-state index contributed by atoms with van der Waals surface area (Å²) in [6.45, 7) is 5.78. The molecule has 1 atom stereocenters. The first-order valence-electron chi connectivity index (χ1n) is 11.7. The molecule has 0 bridgehead atoms. The highest BCUT2D eigenvalue weighted by molar-refractivity contribution is 5.96. The van der Waals surface area contributed by atoms with Crippen molar-refractivity contribution in [3.8, 4) is 11.5 Å². The van der Waals surface area contributed by atoms with E-state index in [2.05, 4.69) is 5.32 Å². The van der Waals surface area contributed by atoms with Gasteiger partial charge in [0.2, 0.25) is 5.91 Å². The van der Waals surface area contributed by atoms with E-state index >= 15 is 0 Å². The van der Waals surface area contributed by atoms with Crippen molar-refractivity contribution in [1.29, 1.82) is 0 Å². The molecule has 7 heteroatoms. The van der Waals surface area contributed by atoms with Crippen molar-refractivity contribution in [3.05, 3.63) is 83.3 Å². The van der Waals surface area contributed by atoms with Crippen LogP contribution in [0.5, 0.6) is 11.5 Å². The van der Waals surface area contributed by atoms with Crippen molar-refractivity contribution in [2.75, 3.05) is 19.8 Å². The lowest BCUT2D eigenvalue weighted by atomic mass is 9.93. The van der Waals surface area contributed by atoms with Crippen molar-refractivity contribution >= 4 is 11.8 Å². The smallest absolute Gasteiger partial charge is 0.290 e. The number of carbonyl (C=O) groups is 2. The molecule has 0 aliphatic carbocycles. The SMILES string of the molecule is CCOc1ccc(CCNC(=O)C2Cc3ccccc3CN2C(=O)c2ccco2)cc1OCC. The third-order valence-electron chi connectivity index (χ3n) is 5.86. The van der Waals surface area contributed by atoms with Crippen LogP contribution in [0.3, 0.4) is 0 Å². The van der Waals surface area contributed by atoms with Gasteiger partial charge in [-0.05, 0) is 61.2 Å². The molecule has 1 aliphatic rings. The van der Waals surface area contributed by atoms with Gasteiger partial charge in [-0.1, -0.05) is 30.3 Å². The van der Waals surface area contributed by atoms with Gasteiger partial charge in [0.25, 0.3) is 5.91 Å². The van der Waals surface area contributed by atoms with E-state index in [4.69, 9.17) is 13.9 Å². The van der Waals surface area contributed by atoms with E-state index < -0.39 is 6.04 Å². The number of amides is 2. The summed E-state index contributed by atoms with van der Waals surface area (Å²) in [7, 11) is 0. The lowest BCUT2D eigenvalue weighted by Crippen LogP contribution is -2.52. The molecule has 2 heterocycles. The molecule has 34 heavy (non-hydrogen) atoms. The van der Waals surface area contributed by atoms with Gasteiger partial charge in [0.1, 0.15) is 6.04 Å². The molecule has 178 valence electrons. The molecule has 3 aromatic rings. The zero-order valence-electron chi connectivity index (χ0n) is 19.6. The number of nitrogens with one attached hydrogen (secondary N) is 1. The second-order valence-electron chi connectivity index (χ2n) is 8.09. The first-order valence-corrected chi connectivity index (χ1v) is 11.7. The number of fused-ring (bicyclic) bond motifs is 1. The van der Waals surface area contributed by atoms with E-state index in [9.17, 15) is 9.59 Å². The largest absolute Gasteiger partial charge is 0.490 e. The van der Waals surface area contributed by atoms with Gasteiger partial charge in [-0.15, -0.1) is 0 Å². The fourth-order valence-electron chi connectivity index (χ4n) is 4.21. The number of nitrogens with zero attached hydrogens (tertiary/aromatic N) is 1. The minimum atomic E-state index is -0.605. The van der Waals surface area contributed by atoms with Crippen LogP contribution in [-0.4, -0.2) is 42.5 Å². The van der Waals surface area contributed by atoms with Crippen LogP contribution < -0.4 is 14.8 Å². The molecule has 2 aromatic carbocycles. The molecule has 7 nitrogen and oxygen atoms in total. The molecule has 2 amide bonds. The Morgan fingerprint density at radius 2 is 1.76 bits per heavy atom. The topological polar surface area (TPSA) is 81.0 Å². The molecular weight excluding hydrogens is 432 g/mol. The predicted octanol–water partition coefficient (Wildman–Crippen LogP) is 4.00. The zero-order chi connectivity index (χ0) is 23.9. The summed E-state index contributed by atoms with van der Waals surface area (Å²) in [5.41, 5.74) is 3.16. The van der Waals surface area contributed by atoms with Gasteiger partial charge in [-0.25, -0.2) is 0 Å². The maximum atomic E-state index is 13.2. The predicted molar refractivity (Wildman–Crippen MR) is 128 cm³/mol. The molecular formula is C27H30N2O5. The number of benzene rings is 2. The molecule has 4 rings (SSSR count). The minimum Gasteiger partial charge on any atom is -0.490 e. The maximum absolute atomic E-state index is 13.2. The Balaban J connectivity index is 1.44. The number of rotatable bonds is 9. The minimum absolute atomic E-state index is 0.176. The summed E-state index contributed by atoms with van der Waals surface area (Å²) in [5, 5.41) is 3.02. The molecule has 1 N–H and O–H groups in total. The Labute approximate surface area is 199 Å². The van der Waals surface area contributed by atoms with Gasteiger partial charge in [-0.3, -0.25) is 9.59 Å². The highest BCUT2D eigenvalue weighted by Crippen LogP contribution is 2.29. The van der Waals surface area contributed by atoms with Crippen molar-refractivity contribution in [1.82, 2.24) is 10.2 Å². The van der Waals surface area contributed by atoms with Crippen LogP contribution in [0.1, 0.15) is 41.1 Å². The second-order valence-corrected chi connectivity index (χ2v) is 8.09. The molecule has 1 unspecified atom stereocenters. The third kappa shape index (κ3) is 5.25. The first-order chi connectivity index (χ1) is 16.6. The average molecular weight is 463 g/mol. The molecule has 0 radical (unpaired) electrons. The van der Waals surface area contributed by atoms with E-state index in [1.54, 1.807) is 17.0 Å². The zero-order valence-corrected chi connectivity index (χ0v) is 19.6. The Kier molecular flexibility index (Phi) is 7.52. The van der Waals surface area contributed by atoms with E-state index in [0.717, 1.165) is 16.7 Å². The van der Waals surface area contributed by atoms with E-state index in [-0.39, 0.29) is 17.6 Å². The Hall–Kier alpha value is -3.74. The molecule has 0 saturated carbocycles. The molecule has 1 aromatic heterocycles. The number of ether oxygens (including phenoxy) is 2. The Bertz CT molecular complexity index is 1130. The molecule has 0 saturated heterocycles. The van der Waals surface area contributed by atoms with Crippen molar-refractivity contribution in [3.63, 3.8) is 0 Å². The van der Waals surface area contributed by atoms with Crippen LogP contribution in [0.4, 0.5) is 0 Å². The van der Waals surface area contributed by atoms with Crippen molar-refractivity contribution in [2.45, 2.75) is 39.3 Å². The first kappa shape index (κ1) is 23.4. The summed E-state index contributed by atoms with van der Waals surface area (Å²) in [6.07, 6.45) is 2.56. The number of furan rings is 1. The third-order valence-corrected chi connectivity index (χ3v) is 5.86. The second kappa shape index (κ2) is 10.9. The fourth-order valence-corrected chi connectivity index (χ4v) is 4.21. The summed E-state index contributed by atoms with van der Waals surface area (Å²) in [6, 6.07) is 16.4. The quantitative estimate of drug-likeness (QED) is 0.520. The normalized spacial score (nSPS) is 14.9. The Morgan fingerprint density at radius 3 is 2.50 bits per heavy atom. The number of hydrogen-bond donors (Lipinski definition) is 1. The van der Waals surface area contributed by atoms with Gasteiger partial charge in [0, 0.05) is 19.5 Å². The highest BCUT2D eigenvalue weighted by Gasteiger charge is 2.35.